The third-order valence-corrected chi connectivity index (χ3v) is 3.61. The molecule has 0 aromatic carbocycles. The van der Waals surface area contributed by atoms with Gasteiger partial charge in [-0.1, -0.05) is 6.92 Å². The molecule has 0 amide bonds. The summed E-state index contributed by atoms with van der Waals surface area (Å²) in [6.45, 7) is 3.17. The zero-order valence-corrected chi connectivity index (χ0v) is 12.9. The van der Waals surface area contributed by atoms with E-state index in [1.165, 1.54) is 12.0 Å². The topological polar surface area (TPSA) is 41.6 Å². The molecule has 21 heavy (non-hydrogen) atoms. The largest absolute Gasteiger partial charge is 0.468 e. The Kier molecular flexibility index (Phi) is 6.46. The summed E-state index contributed by atoms with van der Waals surface area (Å²) in [6, 6.07) is 0.274. The van der Waals surface area contributed by atoms with E-state index in [1.54, 1.807) is 6.92 Å². The molecule has 0 aromatic heterocycles. The average molecular weight is 310 g/mol. The van der Waals surface area contributed by atoms with Crippen LogP contribution in [-0.2, 0) is 9.53 Å². The fraction of sp³-hybridized carbons (Fsp3) is 0.929. The lowest BCUT2D eigenvalue weighted by molar-refractivity contribution is -0.151. The second-order valence-corrected chi connectivity index (χ2v) is 5.88. The second kappa shape index (κ2) is 7.45. The van der Waals surface area contributed by atoms with Gasteiger partial charge in [-0.15, -0.1) is 0 Å². The van der Waals surface area contributed by atoms with Gasteiger partial charge in [0.25, 0.3) is 0 Å². The quantitative estimate of drug-likeness (QED) is 0.664. The van der Waals surface area contributed by atoms with E-state index < -0.39 is 24.2 Å². The molecule has 0 aliphatic heterocycles. The van der Waals surface area contributed by atoms with Crippen molar-refractivity contribution in [2.45, 2.75) is 57.3 Å². The first-order valence-electron chi connectivity index (χ1n) is 7.35. The first-order chi connectivity index (χ1) is 9.70. The van der Waals surface area contributed by atoms with Crippen molar-refractivity contribution in [2.24, 2.45) is 0 Å². The number of ether oxygens (including phenoxy) is 1. The summed E-state index contributed by atoms with van der Waals surface area (Å²) in [6.07, 6.45) is -1.30. The standard InChI is InChI=1S/C14H25F3N2O2/c1-4-8-19(10-14(15,16)17)9-7-13(2,12(20)21-3)18-11-5-6-11/h11,18H,4-10H2,1-3H3. The molecule has 0 spiro atoms. The van der Waals surface area contributed by atoms with Crippen molar-refractivity contribution in [3.05, 3.63) is 0 Å². The Bertz CT molecular complexity index is 346. The third-order valence-electron chi connectivity index (χ3n) is 3.61. The monoisotopic (exact) mass is 310 g/mol. The van der Waals surface area contributed by atoms with Gasteiger partial charge < -0.3 is 4.74 Å². The van der Waals surface area contributed by atoms with Gasteiger partial charge >= 0.3 is 12.1 Å². The number of nitrogens with zero attached hydrogens (tertiary/aromatic N) is 1. The van der Waals surface area contributed by atoms with Crippen LogP contribution in [0.25, 0.3) is 0 Å². The van der Waals surface area contributed by atoms with E-state index in [0.29, 0.717) is 19.4 Å². The number of alkyl halides is 3. The summed E-state index contributed by atoms with van der Waals surface area (Å²) < 4.78 is 42.4. The van der Waals surface area contributed by atoms with E-state index in [4.69, 9.17) is 4.74 Å². The minimum Gasteiger partial charge on any atom is -0.468 e. The van der Waals surface area contributed by atoms with Gasteiger partial charge in [0.1, 0.15) is 5.54 Å². The van der Waals surface area contributed by atoms with E-state index in [9.17, 15) is 18.0 Å². The van der Waals surface area contributed by atoms with Crippen LogP contribution >= 0.6 is 0 Å². The van der Waals surface area contributed by atoms with Gasteiger partial charge in [-0.25, -0.2) is 0 Å². The predicted molar refractivity (Wildman–Crippen MR) is 74.0 cm³/mol. The molecule has 4 nitrogen and oxygen atoms in total. The molecule has 0 aromatic rings. The van der Waals surface area contributed by atoms with Crippen LogP contribution < -0.4 is 5.32 Å². The Hall–Kier alpha value is -0.820. The van der Waals surface area contributed by atoms with Gasteiger partial charge in [0.2, 0.25) is 0 Å². The third kappa shape index (κ3) is 6.65. The summed E-state index contributed by atoms with van der Waals surface area (Å²) in [7, 11) is 1.30. The van der Waals surface area contributed by atoms with Crippen LogP contribution in [0.4, 0.5) is 13.2 Å². The average Bonchev–Trinajstić information content (AvgIpc) is 3.17. The summed E-state index contributed by atoms with van der Waals surface area (Å²) in [5, 5.41) is 3.20. The first kappa shape index (κ1) is 18.2. The molecular formula is C14H25F3N2O2. The van der Waals surface area contributed by atoms with Crippen LogP contribution in [-0.4, -0.2) is 55.4 Å². The van der Waals surface area contributed by atoms with Crippen molar-refractivity contribution >= 4 is 5.97 Å². The Balaban J connectivity index is 2.61. The zero-order valence-electron chi connectivity index (χ0n) is 12.9. The normalized spacial score (nSPS) is 18.6. The molecule has 1 aliphatic carbocycles. The molecule has 1 unspecified atom stereocenters. The SMILES string of the molecule is CCCN(CCC(C)(NC1CC1)C(=O)OC)CC(F)(F)F. The Labute approximate surface area is 124 Å². The Morgan fingerprint density at radius 2 is 1.95 bits per heavy atom. The van der Waals surface area contributed by atoms with E-state index in [0.717, 1.165) is 12.8 Å². The number of rotatable bonds is 9. The summed E-state index contributed by atoms with van der Waals surface area (Å²) in [5.41, 5.74) is -0.923. The van der Waals surface area contributed by atoms with Gasteiger partial charge in [-0.2, -0.15) is 13.2 Å². The fourth-order valence-corrected chi connectivity index (χ4v) is 2.36. The molecule has 1 atom stereocenters. The molecule has 1 N–H and O–H groups in total. The highest BCUT2D eigenvalue weighted by molar-refractivity contribution is 5.80. The predicted octanol–water partition coefficient (Wildman–Crippen LogP) is 2.33. The first-order valence-corrected chi connectivity index (χ1v) is 7.35. The van der Waals surface area contributed by atoms with Gasteiger partial charge in [0.15, 0.2) is 0 Å². The van der Waals surface area contributed by atoms with E-state index in [2.05, 4.69) is 5.32 Å². The molecule has 0 heterocycles. The lowest BCUT2D eigenvalue weighted by Crippen LogP contribution is -2.53. The van der Waals surface area contributed by atoms with E-state index >= 15 is 0 Å². The summed E-state index contributed by atoms with van der Waals surface area (Å²) in [4.78, 5) is 13.3. The van der Waals surface area contributed by atoms with Crippen LogP contribution in [0.3, 0.4) is 0 Å². The second-order valence-electron chi connectivity index (χ2n) is 5.88. The highest BCUT2D eigenvalue weighted by Gasteiger charge is 2.40. The van der Waals surface area contributed by atoms with Crippen molar-refractivity contribution in [3.63, 3.8) is 0 Å². The number of carbonyl (C=O) groups excluding carboxylic acids is 1. The van der Waals surface area contributed by atoms with Crippen molar-refractivity contribution in [2.75, 3.05) is 26.7 Å². The van der Waals surface area contributed by atoms with Gasteiger partial charge in [0, 0.05) is 12.6 Å². The number of methoxy groups -OCH3 is 1. The smallest absolute Gasteiger partial charge is 0.401 e. The van der Waals surface area contributed by atoms with Gasteiger partial charge in [0.05, 0.1) is 13.7 Å². The van der Waals surface area contributed by atoms with Crippen LogP contribution in [0.2, 0.25) is 0 Å². The van der Waals surface area contributed by atoms with Crippen LogP contribution in [0.15, 0.2) is 0 Å². The molecule has 1 fully saturated rings. The van der Waals surface area contributed by atoms with Crippen LogP contribution in [0, 0.1) is 0 Å². The molecule has 124 valence electrons. The summed E-state index contributed by atoms with van der Waals surface area (Å²) in [5.74, 6) is -0.419. The lowest BCUT2D eigenvalue weighted by atomic mass is 9.97. The van der Waals surface area contributed by atoms with Crippen molar-refractivity contribution < 1.29 is 22.7 Å². The Morgan fingerprint density at radius 3 is 2.38 bits per heavy atom. The number of hydrogen-bond acceptors (Lipinski definition) is 4. The van der Waals surface area contributed by atoms with Crippen LogP contribution in [0.1, 0.15) is 39.5 Å². The molecular weight excluding hydrogens is 285 g/mol. The van der Waals surface area contributed by atoms with Crippen molar-refractivity contribution in [3.8, 4) is 0 Å². The highest BCUT2D eigenvalue weighted by atomic mass is 19.4. The molecule has 1 aliphatic rings. The maximum Gasteiger partial charge on any atom is 0.401 e. The van der Waals surface area contributed by atoms with Crippen LogP contribution in [0.5, 0.6) is 0 Å². The van der Waals surface area contributed by atoms with Gasteiger partial charge in [-0.3, -0.25) is 15.0 Å². The van der Waals surface area contributed by atoms with E-state index in [-0.39, 0.29) is 12.6 Å². The van der Waals surface area contributed by atoms with E-state index in [1.807, 2.05) is 6.92 Å². The highest BCUT2D eigenvalue weighted by Crippen LogP contribution is 2.25. The maximum atomic E-state index is 12.5. The minimum absolute atomic E-state index is 0.207. The molecule has 1 saturated carbocycles. The van der Waals surface area contributed by atoms with Crippen molar-refractivity contribution in [1.29, 1.82) is 0 Å². The maximum absolute atomic E-state index is 12.5. The molecule has 0 saturated heterocycles. The van der Waals surface area contributed by atoms with Crippen molar-refractivity contribution in [1.82, 2.24) is 10.2 Å². The molecule has 0 bridgehead atoms. The number of halogens is 3. The molecule has 0 radical (unpaired) electrons. The number of hydrogen-bond donors (Lipinski definition) is 1. The Morgan fingerprint density at radius 1 is 1.33 bits per heavy atom. The number of esters is 1. The number of carbonyl (C=O) groups is 1. The molecule has 1 rings (SSSR count). The number of nitrogens with one attached hydrogen (secondary N) is 1. The van der Waals surface area contributed by atoms with Gasteiger partial charge in [-0.05, 0) is 39.2 Å². The lowest BCUT2D eigenvalue weighted by Gasteiger charge is -2.31. The summed E-state index contributed by atoms with van der Waals surface area (Å²) >= 11 is 0. The molecule has 7 heteroatoms. The zero-order chi connectivity index (χ0) is 16.1. The fourth-order valence-electron chi connectivity index (χ4n) is 2.36. The minimum atomic E-state index is -4.22.